The van der Waals surface area contributed by atoms with E-state index >= 15 is 0 Å². The first kappa shape index (κ1) is 31.9. The average Bonchev–Trinajstić information content (AvgIpc) is 2.92. The summed E-state index contributed by atoms with van der Waals surface area (Å²) in [4.78, 5) is 13.0. The van der Waals surface area contributed by atoms with Crippen molar-refractivity contribution in [3.8, 4) is 0 Å². The fraction of sp³-hybridized carbons (Fsp3) is 0.914. The van der Waals surface area contributed by atoms with Crippen LogP contribution >= 0.6 is 0 Å². The molecule has 244 valence electrons. The predicted octanol–water partition coefficient (Wildman–Crippen LogP) is 4.67. The lowest BCUT2D eigenvalue weighted by molar-refractivity contribution is -0.308. The maximum atomic E-state index is 13.0. The molecule has 4 saturated carbocycles. The lowest BCUT2D eigenvalue weighted by Crippen LogP contribution is -2.68. The van der Waals surface area contributed by atoms with Gasteiger partial charge in [-0.1, -0.05) is 53.2 Å². The van der Waals surface area contributed by atoms with Crippen LogP contribution in [0, 0.1) is 50.7 Å². The fourth-order valence-corrected chi connectivity index (χ4v) is 12.1. The van der Waals surface area contributed by atoms with Crippen LogP contribution in [0.3, 0.4) is 0 Å². The third kappa shape index (κ3) is 4.11. The van der Waals surface area contributed by atoms with Gasteiger partial charge in [-0.2, -0.15) is 0 Å². The molecule has 6 rings (SSSR count). The lowest BCUT2D eigenvalue weighted by atomic mass is 9.33. The zero-order valence-corrected chi connectivity index (χ0v) is 27.3. The maximum absolute atomic E-state index is 13.0. The summed E-state index contributed by atoms with van der Waals surface area (Å²) in [6.45, 7) is 15.8. The molecule has 0 aromatic rings. The van der Waals surface area contributed by atoms with Gasteiger partial charge in [0.15, 0.2) is 6.29 Å². The first-order valence-corrected chi connectivity index (χ1v) is 16.9. The fourth-order valence-electron chi connectivity index (χ4n) is 12.1. The quantitative estimate of drug-likeness (QED) is 0.232. The molecule has 0 aromatic heterocycles. The van der Waals surface area contributed by atoms with Crippen molar-refractivity contribution in [3.63, 3.8) is 0 Å². The zero-order chi connectivity index (χ0) is 31.5. The summed E-state index contributed by atoms with van der Waals surface area (Å²) in [6, 6.07) is 0. The van der Waals surface area contributed by atoms with E-state index in [0.29, 0.717) is 24.7 Å². The molecule has 0 unspecified atom stereocenters. The van der Waals surface area contributed by atoms with E-state index in [2.05, 4.69) is 47.6 Å². The lowest BCUT2D eigenvalue weighted by Gasteiger charge is -2.72. The number of hydrogen-bond acceptors (Lipinski definition) is 7. The van der Waals surface area contributed by atoms with Crippen LogP contribution in [0.5, 0.6) is 0 Å². The van der Waals surface area contributed by atoms with Crippen LogP contribution in [0.4, 0.5) is 0 Å². The first-order valence-electron chi connectivity index (χ1n) is 16.9. The molecule has 0 aromatic carbocycles. The zero-order valence-electron chi connectivity index (χ0n) is 27.3. The summed E-state index contributed by atoms with van der Waals surface area (Å²) in [5.74, 6) is -0.306. The van der Waals surface area contributed by atoms with E-state index in [1.54, 1.807) is 0 Å². The van der Waals surface area contributed by atoms with Crippen LogP contribution in [0.1, 0.15) is 106 Å². The number of carbonyl (C=O) groups is 1. The number of carboxylic acids is 1. The minimum Gasteiger partial charge on any atom is -0.481 e. The van der Waals surface area contributed by atoms with Gasteiger partial charge in [-0.25, -0.2) is 0 Å². The van der Waals surface area contributed by atoms with Crippen molar-refractivity contribution >= 4 is 5.97 Å². The Balaban J connectivity index is 1.33. The maximum Gasteiger partial charge on any atom is 0.310 e. The monoisotopic (exact) mass is 604 g/mol. The Hall–Kier alpha value is -1.03. The van der Waals surface area contributed by atoms with Gasteiger partial charge in [-0.05, 0) is 104 Å². The van der Waals surface area contributed by atoms with Crippen LogP contribution in [0.25, 0.3) is 0 Å². The van der Waals surface area contributed by atoms with Crippen LogP contribution in [0.15, 0.2) is 11.6 Å². The minimum absolute atomic E-state index is 0.0313. The normalized spacial score (nSPS) is 56.1. The minimum atomic E-state index is -1.30. The molecule has 1 aliphatic heterocycles. The Morgan fingerprint density at radius 1 is 0.907 bits per heavy atom. The largest absolute Gasteiger partial charge is 0.481 e. The third-order valence-electron chi connectivity index (χ3n) is 15.2. The van der Waals surface area contributed by atoms with Gasteiger partial charge in [0.1, 0.15) is 18.3 Å². The highest BCUT2D eigenvalue weighted by Crippen LogP contribution is 2.76. The van der Waals surface area contributed by atoms with E-state index in [1.165, 1.54) is 5.57 Å². The van der Waals surface area contributed by atoms with Gasteiger partial charge >= 0.3 is 5.97 Å². The van der Waals surface area contributed by atoms with Gasteiger partial charge < -0.3 is 35.0 Å². The summed E-state index contributed by atoms with van der Waals surface area (Å²) in [5.41, 5.74) is -1.16. The Morgan fingerprint density at radius 3 is 2.28 bits per heavy atom. The second-order valence-electron chi connectivity index (χ2n) is 17.1. The van der Waals surface area contributed by atoms with Gasteiger partial charge in [0, 0.05) is 5.92 Å². The SMILES string of the molecule is C[C@H]1CC[C@]2(C(=O)O)CC[C@]3(C)C(=CC[C@@H]4[C@@]5(C)CC[C@H](O[C@@H]6OC[C@@H](O)[C@H](O)[C@H]6O)C(C)(C)[C@@H]5CC[C@]43C)[C@@H]2[C@]1(C)O. The molecule has 1 heterocycles. The molecule has 0 spiro atoms. The molecule has 14 atom stereocenters. The van der Waals surface area contributed by atoms with Gasteiger partial charge in [0.05, 0.1) is 23.7 Å². The molecular weight excluding hydrogens is 548 g/mol. The van der Waals surface area contributed by atoms with E-state index < -0.39 is 41.6 Å². The second-order valence-corrected chi connectivity index (χ2v) is 17.1. The molecular formula is C35H56O8. The summed E-state index contributed by atoms with van der Waals surface area (Å²) in [7, 11) is 0. The third-order valence-corrected chi connectivity index (χ3v) is 15.2. The van der Waals surface area contributed by atoms with Crippen molar-refractivity contribution in [3.05, 3.63) is 11.6 Å². The first-order chi connectivity index (χ1) is 19.9. The summed E-state index contributed by atoms with van der Waals surface area (Å²) < 4.78 is 12.1. The smallest absolute Gasteiger partial charge is 0.310 e. The highest BCUT2D eigenvalue weighted by Gasteiger charge is 2.71. The molecule has 8 nitrogen and oxygen atoms in total. The molecule has 0 bridgehead atoms. The van der Waals surface area contributed by atoms with Crippen LogP contribution in [-0.2, 0) is 14.3 Å². The van der Waals surface area contributed by atoms with Gasteiger partial charge in [-0.15, -0.1) is 0 Å². The van der Waals surface area contributed by atoms with Gasteiger partial charge in [-0.3, -0.25) is 4.79 Å². The van der Waals surface area contributed by atoms with Crippen molar-refractivity contribution in [2.45, 2.75) is 143 Å². The van der Waals surface area contributed by atoms with E-state index in [4.69, 9.17) is 9.47 Å². The van der Waals surface area contributed by atoms with Crippen molar-refractivity contribution < 1.29 is 39.8 Å². The molecule has 6 aliphatic rings. The van der Waals surface area contributed by atoms with Gasteiger partial charge in [0.25, 0.3) is 0 Å². The molecule has 43 heavy (non-hydrogen) atoms. The molecule has 0 amide bonds. The van der Waals surface area contributed by atoms with Crippen molar-refractivity contribution in [2.75, 3.05) is 6.61 Å². The number of carboxylic acid groups (broad SMARTS) is 1. The summed E-state index contributed by atoms with van der Waals surface area (Å²) in [5, 5.41) is 53.4. The van der Waals surface area contributed by atoms with E-state index in [-0.39, 0.29) is 46.2 Å². The number of ether oxygens (including phenoxy) is 2. The molecule has 5 aliphatic carbocycles. The Morgan fingerprint density at radius 2 is 1.60 bits per heavy atom. The van der Waals surface area contributed by atoms with Crippen LogP contribution in [-0.4, -0.2) is 74.4 Å². The van der Waals surface area contributed by atoms with E-state index in [9.17, 15) is 30.3 Å². The highest BCUT2D eigenvalue weighted by atomic mass is 16.7. The second kappa shape index (κ2) is 9.98. The predicted molar refractivity (Wildman–Crippen MR) is 161 cm³/mol. The van der Waals surface area contributed by atoms with Crippen LogP contribution in [0.2, 0.25) is 0 Å². The topological polar surface area (TPSA) is 137 Å². The van der Waals surface area contributed by atoms with E-state index in [1.807, 2.05) is 6.92 Å². The summed E-state index contributed by atoms with van der Waals surface area (Å²) in [6.07, 6.45) is 5.06. The number of fused-ring (bicyclic) bond motifs is 7. The molecule has 0 radical (unpaired) electrons. The highest BCUT2D eigenvalue weighted by molar-refractivity contribution is 5.77. The standard InChI is InChI=1S/C35H56O8/c1-19-10-15-35(29(39)40)17-16-32(5)20(27(35)34(19,7)41)8-9-23-31(4)13-12-24(30(2,3)22(31)11-14-33(23,32)6)43-28-26(38)25(37)21(36)18-42-28/h8,19,21-28,36-38,41H,9-18H2,1-7H3,(H,39,40)/t19-,21+,22-,23+,24-,25-,26+,27+,28-,31-,32+,33+,34+,35-/m0/s1. The molecule has 5 N–H and O–H groups in total. The molecule has 8 heteroatoms. The number of allylic oxidation sites excluding steroid dienone is 1. The number of aliphatic carboxylic acids is 1. The number of aliphatic hydroxyl groups excluding tert-OH is 3. The van der Waals surface area contributed by atoms with Crippen molar-refractivity contribution in [1.29, 1.82) is 0 Å². The molecule has 1 saturated heterocycles. The number of hydrogen-bond donors (Lipinski definition) is 5. The Labute approximate surface area is 257 Å². The van der Waals surface area contributed by atoms with Crippen LogP contribution < -0.4 is 0 Å². The van der Waals surface area contributed by atoms with Gasteiger partial charge in [0.2, 0.25) is 0 Å². The number of aliphatic hydroxyl groups is 4. The van der Waals surface area contributed by atoms with Crippen molar-refractivity contribution in [2.24, 2.45) is 50.7 Å². The Bertz CT molecular complexity index is 1160. The molecule has 5 fully saturated rings. The average molecular weight is 605 g/mol. The number of rotatable bonds is 3. The Kier molecular flexibility index (Phi) is 7.41. The summed E-state index contributed by atoms with van der Waals surface area (Å²) >= 11 is 0. The van der Waals surface area contributed by atoms with E-state index in [0.717, 1.165) is 44.9 Å². The van der Waals surface area contributed by atoms with Crippen molar-refractivity contribution in [1.82, 2.24) is 0 Å².